The Balaban J connectivity index is 1.83. The number of aromatic nitrogens is 2. The number of nitrogens with zero attached hydrogens (tertiary/aromatic N) is 3. The predicted octanol–water partition coefficient (Wildman–Crippen LogP) is 3.31. The van der Waals surface area contributed by atoms with Gasteiger partial charge >= 0.3 is 6.09 Å². The van der Waals surface area contributed by atoms with Gasteiger partial charge in [0.25, 0.3) is 0 Å². The molecule has 1 fully saturated rings. The van der Waals surface area contributed by atoms with E-state index in [1.807, 2.05) is 58.0 Å². The van der Waals surface area contributed by atoms with Crippen molar-refractivity contribution in [2.45, 2.75) is 46.3 Å². The topological polar surface area (TPSA) is 93.6 Å². The molecule has 1 amide bonds. The molecule has 0 aliphatic carbocycles. The molecule has 26 heavy (non-hydrogen) atoms. The SMILES string of the molecule is Cc1c(OC2CC(C(C)(C)C)N(C(=O)O)C2)nn(-c2ccccc2)c1N. The van der Waals surface area contributed by atoms with E-state index < -0.39 is 6.09 Å². The molecule has 1 aliphatic rings. The van der Waals surface area contributed by atoms with Crippen molar-refractivity contribution in [1.29, 1.82) is 0 Å². The number of ether oxygens (including phenoxy) is 1. The van der Waals surface area contributed by atoms with Crippen LogP contribution in [0.2, 0.25) is 0 Å². The van der Waals surface area contributed by atoms with E-state index in [-0.39, 0.29) is 17.6 Å². The number of nitrogens with two attached hydrogens (primary N) is 1. The summed E-state index contributed by atoms with van der Waals surface area (Å²) in [7, 11) is 0. The first-order valence-electron chi connectivity index (χ1n) is 8.75. The Hall–Kier alpha value is -2.70. The van der Waals surface area contributed by atoms with Gasteiger partial charge in [0.2, 0.25) is 5.88 Å². The zero-order valence-electron chi connectivity index (χ0n) is 15.6. The third-order valence-electron chi connectivity index (χ3n) is 4.91. The number of para-hydroxylation sites is 1. The van der Waals surface area contributed by atoms with E-state index in [9.17, 15) is 9.90 Å². The van der Waals surface area contributed by atoms with E-state index in [4.69, 9.17) is 10.5 Å². The van der Waals surface area contributed by atoms with Crippen LogP contribution in [-0.4, -0.2) is 44.6 Å². The summed E-state index contributed by atoms with van der Waals surface area (Å²) in [6, 6.07) is 9.51. The number of hydrogen-bond donors (Lipinski definition) is 2. The minimum atomic E-state index is -0.915. The van der Waals surface area contributed by atoms with Crippen molar-refractivity contribution < 1.29 is 14.6 Å². The largest absolute Gasteiger partial charge is 0.471 e. The number of nitrogen functional groups attached to an aromatic ring is 1. The van der Waals surface area contributed by atoms with E-state index in [0.29, 0.717) is 24.7 Å². The van der Waals surface area contributed by atoms with Crippen LogP contribution in [0.25, 0.3) is 5.69 Å². The summed E-state index contributed by atoms with van der Waals surface area (Å²) in [5, 5.41) is 14.0. The molecule has 7 heteroatoms. The van der Waals surface area contributed by atoms with E-state index >= 15 is 0 Å². The Morgan fingerprint density at radius 3 is 2.50 bits per heavy atom. The Labute approximate surface area is 153 Å². The summed E-state index contributed by atoms with van der Waals surface area (Å²) in [4.78, 5) is 13.1. The number of rotatable bonds is 3. The summed E-state index contributed by atoms with van der Waals surface area (Å²) in [6.07, 6.45) is -0.525. The van der Waals surface area contributed by atoms with Crippen LogP contribution in [0.15, 0.2) is 30.3 Å². The highest BCUT2D eigenvalue weighted by Crippen LogP contribution is 2.35. The molecule has 3 N–H and O–H groups in total. The summed E-state index contributed by atoms with van der Waals surface area (Å²) >= 11 is 0. The number of carboxylic acid groups (broad SMARTS) is 1. The van der Waals surface area contributed by atoms with Crippen LogP contribution in [0.3, 0.4) is 0 Å². The lowest BCUT2D eigenvalue weighted by Gasteiger charge is -2.32. The Morgan fingerprint density at radius 1 is 1.31 bits per heavy atom. The monoisotopic (exact) mass is 358 g/mol. The average molecular weight is 358 g/mol. The highest BCUT2D eigenvalue weighted by atomic mass is 16.5. The van der Waals surface area contributed by atoms with Gasteiger partial charge in [0.05, 0.1) is 17.8 Å². The Kier molecular flexibility index (Phi) is 4.56. The number of benzene rings is 1. The van der Waals surface area contributed by atoms with Crippen LogP contribution in [0.5, 0.6) is 5.88 Å². The van der Waals surface area contributed by atoms with E-state index in [0.717, 1.165) is 11.3 Å². The first-order valence-corrected chi connectivity index (χ1v) is 8.75. The fourth-order valence-electron chi connectivity index (χ4n) is 3.44. The molecule has 0 saturated carbocycles. The second kappa shape index (κ2) is 6.55. The van der Waals surface area contributed by atoms with Gasteiger partial charge in [0.1, 0.15) is 11.9 Å². The maximum atomic E-state index is 11.6. The lowest BCUT2D eigenvalue weighted by atomic mass is 9.85. The quantitative estimate of drug-likeness (QED) is 0.878. The highest BCUT2D eigenvalue weighted by Gasteiger charge is 2.43. The lowest BCUT2D eigenvalue weighted by Crippen LogP contribution is -2.42. The maximum absolute atomic E-state index is 11.6. The molecule has 2 heterocycles. The van der Waals surface area contributed by atoms with E-state index in [1.54, 1.807) is 4.68 Å². The van der Waals surface area contributed by atoms with Crippen LogP contribution >= 0.6 is 0 Å². The summed E-state index contributed by atoms with van der Waals surface area (Å²) in [5.74, 6) is 0.975. The molecule has 2 unspecified atom stereocenters. The van der Waals surface area contributed by atoms with Gasteiger partial charge in [-0.15, -0.1) is 5.10 Å². The van der Waals surface area contributed by atoms with Crippen molar-refractivity contribution in [1.82, 2.24) is 14.7 Å². The zero-order chi connectivity index (χ0) is 19.1. The number of anilines is 1. The van der Waals surface area contributed by atoms with Crippen LogP contribution in [0, 0.1) is 12.3 Å². The van der Waals surface area contributed by atoms with Crippen molar-refractivity contribution in [2.75, 3.05) is 12.3 Å². The van der Waals surface area contributed by atoms with Crippen LogP contribution < -0.4 is 10.5 Å². The number of carbonyl (C=O) groups is 1. The average Bonchev–Trinajstić information content (AvgIpc) is 3.13. The molecular formula is C19H26N4O3. The number of amides is 1. The lowest BCUT2D eigenvalue weighted by molar-refractivity contribution is 0.105. The molecule has 7 nitrogen and oxygen atoms in total. The molecule has 1 aromatic carbocycles. The second-order valence-electron chi connectivity index (χ2n) is 7.86. The van der Waals surface area contributed by atoms with Crippen LogP contribution in [-0.2, 0) is 0 Å². The fourth-order valence-corrected chi connectivity index (χ4v) is 3.44. The molecule has 1 aromatic heterocycles. The minimum Gasteiger partial charge on any atom is -0.471 e. The molecule has 2 atom stereocenters. The first kappa shape index (κ1) is 18.1. The number of likely N-dealkylation sites (tertiary alicyclic amines) is 1. The third-order valence-corrected chi connectivity index (χ3v) is 4.91. The Bertz CT molecular complexity index is 795. The molecule has 3 rings (SSSR count). The highest BCUT2D eigenvalue weighted by molar-refractivity contribution is 5.66. The van der Waals surface area contributed by atoms with Gasteiger partial charge in [-0.05, 0) is 24.5 Å². The summed E-state index contributed by atoms with van der Waals surface area (Å²) in [5.41, 5.74) is 7.65. The molecule has 0 spiro atoms. The van der Waals surface area contributed by atoms with Crippen molar-refractivity contribution in [3.05, 3.63) is 35.9 Å². The standard InChI is InChI=1S/C19H26N4O3/c1-12-16(20)23(13-8-6-5-7-9-13)21-17(12)26-14-10-15(19(2,3)4)22(11-14)18(24)25/h5-9,14-15H,10-11,20H2,1-4H3,(H,24,25). The van der Waals surface area contributed by atoms with Gasteiger partial charge in [-0.1, -0.05) is 39.0 Å². The van der Waals surface area contributed by atoms with E-state index in [2.05, 4.69) is 5.10 Å². The smallest absolute Gasteiger partial charge is 0.407 e. The summed E-state index contributed by atoms with van der Waals surface area (Å²) < 4.78 is 7.73. The van der Waals surface area contributed by atoms with Crippen molar-refractivity contribution >= 4 is 11.9 Å². The molecule has 140 valence electrons. The molecule has 2 aromatic rings. The molecule has 1 saturated heterocycles. The Morgan fingerprint density at radius 2 is 1.96 bits per heavy atom. The molecule has 1 aliphatic heterocycles. The molecule has 0 bridgehead atoms. The van der Waals surface area contributed by atoms with Gasteiger partial charge < -0.3 is 20.5 Å². The zero-order valence-corrected chi connectivity index (χ0v) is 15.6. The van der Waals surface area contributed by atoms with Crippen molar-refractivity contribution in [2.24, 2.45) is 5.41 Å². The minimum absolute atomic E-state index is 0.0983. The normalized spacial score (nSPS) is 20.4. The van der Waals surface area contributed by atoms with Gasteiger partial charge in [-0.2, -0.15) is 0 Å². The first-order chi connectivity index (χ1) is 12.2. The van der Waals surface area contributed by atoms with Crippen molar-refractivity contribution in [3.8, 4) is 11.6 Å². The molecule has 0 radical (unpaired) electrons. The van der Waals surface area contributed by atoms with Crippen LogP contribution in [0.1, 0.15) is 32.8 Å². The van der Waals surface area contributed by atoms with Gasteiger partial charge in [0, 0.05) is 12.5 Å². The van der Waals surface area contributed by atoms with Gasteiger partial charge in [-0.3, -0.25) is 0 Å². The van der Waals surface area contributed by atoms with E-state index in [1.165, 1.54) is 4.90 Å². The summed E-state index contributed by atoms with van der Waals surface area (Å²) in [6.45, 7) is 8.33. The third kappa shape index (κ3) is 3.34. The molecular weight excluding hydrogens is 332 g/mol. The van der Waals surface area contributed by atoms with Gasteiger partial charge in [0.15, 0.2) is 0 Å². The van der Waals surface area contributed by atoms with Crippen molar-refractivity contribution in [3.63, 3.8) is 0 Å². The van der Waals surface area contributed by atoms with Crippen LogP contribution in [0.4, 0.5) is 10.6 Å². The maximum Gasteiger partial charge on any atom is 0.407 e. The fraction of sp³-hybridized carbons (Fsp3) is 0.474. The number of hydrogen-bond acceptors (Lipinski definition) is 4. The predicted molar refractivity (Wildman–Crippen MR) is 99.7 cm³/mol. The van der Waals surface area contributed by atoms with Gasteiger partial charge in [-0.25, -0.2) is 9.48 Å². The second-order valence-corrected chi connectivity index (χ2v) is 7.86.